The van der Waals surface area contributed by atoms with E-state index in [1.807, 2.05) is 19.1 Å². The number of aliphatic hydroxyl groups is 1. The van der Waals surface area contributed by atoms with E-state index in [-0.39, 0.29) is 6.54 Å². The Balaban J connectivity index is 2.59. The van der Waals surface area contributed by atoms with Gasteiger partial charge in [0.15, 0.2) is 6.10 Å². The fourth-order valence-electron chi connectivity index (χ4n) is 1.63. The molecular weight excluding hydrogens is 218 g/mol. The number of carboxylic acid groups (broad SMARTS) is 1. The molecule has 0 aromatic heterocycles. The van der Waals surface area contributed by atoms with Gasteiger partial charge in [0.1, 0.15) is 0 Å². The lowest BCUT2D eigenvalue weighted by Gasteiger charge is -2.13. The maximum absolute atomic E-state index is 10.4. The van der Waals surface area contributed by atoms with Gasteiger partial charge in [0, 0.05) is 13.1 Å². The van der Waals surface area contributed by atoms with Crippen LogP contribution in [0.25, 0.3) is 0 Å². The minimum atomic E-state index is -1.35. The molecule has 3 N–H and O–H groups in total. The fraction of sp³-hybridized carbons (Fsp3) is 0.462. The average Bonchev–Trinajstić information content (AvgIpc) is 2.28. The monoisotopic (exact) mass is 237 g/mol. The van der Waals surface area contributed by atoms with Crippen molar-refractivity contribution < 1.29 is 15.0 Å². The summed E-state index contributed by atoms with van der Waals surface area (Å²) in [7, 11) is 0. The van der Waals surface area contributed by atoms with Crippen LogP contribution in [0.5, 0.6) is 0 Å². The number of aryl methyl sites for hydroxylation is 1. The summed E-state index contributed by atoms with van der Waals surface area (Å²) in [5, 5.41) is 20.6. The second-order valence-electron chi connectivity index (χ2n) is 4.28. The van der Waals surface area contributed by atoms with Crippen molar-refractivity contribution in [1.29, 1.82) is 0 Å². The molecule has 4 nitrogen and oxygen atoms in total. The summed E-state index contributed by atoms with van der Waals surface area (Å²) in [6.07, 6.45) is -1.35. The summed E-state index contributed by atoms with van der Waals surface area (Å²) in [5.74, 6) is -1.20. The molecule has 0 amide bonds. The molecular formula is C13H19NO3. The number of benzene rings is 1. The maximum Gasteiger partial charge on any atom is 0.333 e. The summed E-state index contributed by atoms with van der Waals surface area (Å²) in [5.41, 5.74) is 4.84. The predicted molar refractivity (Wildman–Crippen MR) is 66.0 cm³/mol. The van der Waals surface area contributed by atoms with Gasteiger partial charge in [0.05, 0.1) is 0 Å². The van der Waals surface area contributed by atoms with Crippen LogP contribution in [0.3, 0.4) is 0 Å². The van der Waals surface area contributed by atoms with E-state index in [1.54, 1.807) is 0 Å². The molecule has 0 saturated heterocycles. The molecule has 0 bridgehead atoms. The predicted octanol–water partition coefficient (Wildman–Crippen LogP) is 1.15. The third-order valence-corrected chi connectivity index (χ3v) is 3.11. The SMILES string of the molecule is Cc1ccc(CNCC(O)C(=O)O)c(C)c1C. The lowest BCUT2D eigenvalue weighted by molar-refractivity contribution is -0.146. The molecule has 0 spiro atoms. The normalized spacial score (nSPS) is 12.5. The van der Waals surface area contributed by atoms with E-state index in [9.17, 15) is 4.79 Å². The Hall–Kier alpha value is -1.39. The summed E-state index contributed by atoms with van der Waals surface area (Å²) < 4.78 is 0. The molecule has 94 valence electrons. The number of hydrogen-bond acceptors (Lipinski definition) is 3. The van der Waals surface area contributed by atoms with Crippen LogP contribution in [0, 0.1) is 20.8 Å². The van der Waals surface area contributed by atoms with Crippen LogP contribution in [0.4, 0.5) is 0 Å². The Morgan fingerprint density at radius 3 is 2.53 bits per heavy atom. The van der Waals surface area contributed by atoms with Crippen LogP contribution >= 0.6 is 0 Å². The van der Waals surface area contributed by atoms with Crippen molar-refractivity contribution in [2.75, 3.05) is 6.54 Å². The lowest BCUT2D eigenvalue weighted by atomic mass is 9.99. The third-order valence-electron chi connectivity index (χ3n) is 3.11. The van der Waals surface area contributed by atoms with E-state index >= 15 is 0 Å². The molecule has 4 heteroatoms. The summed E-state index contributed by atoms with van der Waals surface area (Å²) in [6.45, 7) is 6.81. The molecule has 1 atom stereocenters. The van der Waals surface area contributed by atoms with E-state index < -0.39 is 12.1 Å². The van der Waals surface area contributed by atoms with Crippen molar-refractivity contribution >= 4 is 5.97 Å². The molecule has 0 saturated carbocycles. The molecule has 1 aromatic rings. The number of aliphatic hydroxyl groups excluding tert-OH is 1. The molecule has 17 heavy (non-hydrogen) atoms. The van der Waals surface area contributed by atoms with Crippen molar-refractivity contribution in [2.24, 2.45) is 0 Å². The Bertz CT molecular complexity index is 415. The maximum atomic E-state index is 10.4. The number of aliphatic carboxylic acids is 1. The van der Waals surface area contributed by atoms with Crippen molar-refractivity contribution in [1.82, 2.24) is 5.32 Å². The van der Waals surface area contributed by atoms with Gasteiger partial charge in [-0.3, -0.25) is 0 Å². The molecule has 0 heterocycles. The first-order valence-corrected chi connectivity index (χ1v) is 5.60. The lowest BCUT2D eigenvalue weighted by Crippen LogP contribution is -2.32. The van der Waals surface area contributed by atoms with Gasteiger partial charge in [0.2, 0.25) is 0 Å². The Morgan fingerprint density at radius 1 is 1.29 bits per heavy atom. The first kappa shape index (κ1) is 13.7. The highest BCUT2D eigenvalue weighted by atomic mass is 16.4. The summed E-state index contributed by atoms with van der Waals surface area (Å²) >= 11 is 0. The smallest absolute Gasteiger partial charge is 0.333 e. The summed E-state index contributed by atoms with van der Waals surface area (Å²) in [4.78, 5) is 10.4. The standard InChI is InChI=1S/C13H19NO3/c1-8-4-5-11(10(3)9(8)2)6-14-7-12(15)13(16)17/h4-5,12,14-15H,6-7H2,1-3H3,(H,16,17). The Morgan fingerprint density at radius 2 is 1.94 bits per heavy atom. The van der Waals surface area contributed by atoms with Gasteiger partial charge in [-0.05, 0) is 43.0 Å². The van der Waals surface area contributed by atoms with Crippen LogP contribution in [0.2, 0.25) is 0 Å². The van der Waals surface area contributed by atoms with Crippen molar-refractivity contribution in [3.63, 3.8) is 0 Å². The highest BCUT2D eigenvalue weighted by molar-refractivity contribution is 5.72. The van der Waals surface area contributed by atoms with Gasteiger partial charge in [-0.1, -0.05) is 12.1 Å². The minimum Gasteiger partial charge on any atom is -0.479 e. The molecule has 0 radical (unpaired) electrons. The summed E-state index contributed by atoms with van der Waals surface area (Å²) in [6, 6.07) is 4.07. The fourth-order valence-corrected chi connectivity index (χ4v) is 1.63. The molecule has 0 aliphatic heterocycles. The van der Waals surface area contributed by atoms with Gasteiger partial charge < -0.3 is 15.5 Å². The van der Waals surface area contributed by atoms with Gasteiger partial charge in [-0.2, -0.15) is 0 Å². The highest BCUT2D eigenvalue weighted by Crippen LogP contribution is 2.16. The van der Waals surface area contributed by atoms with E-state index in [0.717, 1.165) is 5.56 Å². The molecule has 1 rings (SSSR count). The van der Waals surface area contributed by atoms with Crippen LogP contribution < -0.4 is 5.32 Å². The molecule has 1 unspecified atom stereocenters. The van der Waals surface area contributed by atoms with Crippen molar-refractivity contribution in [3.8, 4) is 0 Å². The van der Waals surface area contributed by atoms with Crippen LogP contribution in [-0.4, -0.2) is 28.8 Å². The number of hydrogen-bond donors (Lipinski definition) is 3. The largest absolute Gasteiger partial charge is 0.479 e. The molecule has 0 fully saturated rings. The van der Waals surface area contributed by atoms with Crippen LogP contribution in [-0.2, 0) is 11.3 Å². The first-order chi connectivity index (χ1) is 7.93. The zero-order valence-electron chi connectivity index (χ0n) is 10.4. The number of nitrogens with one attached hydrogen (secondary N) is 1. The zero-order valence-corrected chi connectivity index (χ0v) is 10.4. The number of carbonyl (C=O) groups is 1. The molecule has 1 aromatic carbocycles. The van der Waals surface area contributed by atoms with Crippen LogP contribution in [0.15, 0.2) is 12.1 Å². The molecule has 0 aliphatic rings. The van der Waals surface area contributed by atoms with Gasteiger partial charge >= 0.3 is 5.97 Å². The van der Waals surface area contributed by atoms with E-state index in [1.165, 1.54) is 16.7 Å². The quantitative estimate of drug-likeness (QED) is 0.718. The van der Waals surface area contributed by atoms with Gasteiger partial charge in [-0.25, -0.2) is 4.79 Å². The zero-order chi connectivity index (χ0) is 13.0. The molecule has 0 aliphatic carbocycles. The van der Waals surface area contributed by atoms with Crippen molar-refractivity contribution in [3.05, 3.63) is 34.4 Å². The van der Waals surface area contributed by atoms with E-state index in [4.69, 9.17) is 10.2 Å². The highest BCUT2D eigenvalue weighted by Gasteiger charge is 2.12. The number of rotatable bonds is 5. The second-order valence-corrected chi connectivity index (χ2v) is 4.28. The van der Waals surface area contributed by atoms with Crippen molar-refractivity contribution in [2.45, 2.75) is 33.4 Å². The Labute approximate surface area is 101 Å². The van der Waals surface area contributed by atoms with E-state index in [2.05, 4.69) is 19.2 Å². The van der Waals surface area contributed by atoms with Crippen LogP contribution in [0.1, 0.15) is 22.3 Å². The van der Waals surface area contributed by atoms with Gasteiger partial charge in [0.25, 0.3) is 0 Å². The Kier molecular flexibility index (Phi) is 4.66. The minimum absolute atomic E-state index is 0.0572. The third kappa shape index (κ3) is 3.54. The second kappa shape index (κ2) is 5.80. The average molecular weight is 237 g/mol. The van der Waals surface area contributed by atoms with Gasteiger partial charge in [-0.15, -0.1) is 0 Å². The number of carboxylic acids is 1. The topological polar surface area (TPSA) is 69.6 Å². The van der Waals surface area contributed by atoms with E-state index in [0.29, 0.717) is 6.54 Å². The first-order valence-electron chi connectivity index (χ1n) is 5.60.